The lowest BCUT2D eigenvalue weighted by Gasteiger charge is -2.12. The van der Waals surface area contributed by atoms with E-state index in [0.29, 0.717) is 17.3 Å². The van der Waals surface area contributed by atoms with Gasteiger partial charge >= 0.3 is 5.97 Å². The summed E-state index contributed by atoms with van der Waals surface area (Å²) in [5.74, 6) is -0.199. The maximum absolute atomic E-state index is 10.6. The third kappa shape index (κ3) is 3.40. The smallest absolute Gasteiger partial charge is 0.320 e. The van der Waals surface area contributed by atoms with Crippen LogP contribution in [0.1, 0.15) is 12.5 Å². The maximum atomic E-state index is 10.6. The molecule has 1 atom stereocenters. The van der Waals surface area contributed by atoms with Crippen LogP contribution in [0.25, 0.3) is 0 Å². The average molecular weight is 244 g/mol. The van der Waals surface area contributed by atoms with Gasteiger partial charge in [-0.3, -0.25) is 4.79 Å². The van der Waals surface area contributed by atoms with Crippen LogP contribution >= 0.6 is 11.6 Å². The van der Waals surface area contributed by atoms with Crippen LogP contribution in [0.3, 0.4) is 0 Å². The molecule has 0 bridgehead atoms. The Morgan fingerprint density at radius 1 is 1.62 bits per heavy atom. The molecule has 5 heteroatoms. The summed E-state index contributed by atoms with van der Waals surface area (Å²) in [5, 5.41) is 12.2. The van der Waals surface area contributed by atoms with Crippen LogP contribution in [-0.4, -0.2) is 24.2 Å². The van der Waals surface area contributed by atoms with Gasteiger partial charge in [-0.1, -0.05) is 11.6 Å². The Balaban J connectivity index is 2.72. The van der Waals surface area contributed by atoms with Crippen molar-refractivity contribution in [3.05, 3.63) is 28.8 Å². The van der Waals surface area contributed by atoms with E-state index in [1.165, 1.54) is 0 Å². The predicted octanol–water partition coefficient (Wildman–Crippen LogP) is 1.91. The van der Waals surface area contributed by atoms with Crippen LogP contribution in [0.2, 0.25) is 5.02 Å². The van der Waals surface area contributed by atoms with E-state index in [0.717, 1.165) is 5.56 Å². The number of ether oxygens (including phenoxy) is 1. The fourth-order valence-corrected chi connectivity index (χ4v) is 1.43. The summed E-state index contributed by atoms with van der Waals surface area (Å²) >= 11 is 5.85. The minimum Gasteiger partial charge on any atom is -0.496 e. The number of hydrogen-bond acceptors (Lipinski definition) is 3. The van der Waals surface area contributed by atoms with Crippen molar-refractivity contribution in [2.75, 3.05) is 7.11 Å². The van der Waals surface area contributed by atoms with Crippen molar-refractivity contribution in [3.8, 4) is 5.75 Å². The summed E-state index contributed by atoms with van der Waals surface area (Å²) in [5.41, 5.74) is 0.836. The van der Waals surface area contributed by atoms with Gasteiger partial charge in [0, 0.05) is 17.1 Å². The van der Waals surface area contributed by atoms with Crippen LogP contribution in [0.5, 0.6) is 5.75 Å². The first-order valence-corrected chi connectivity index (χ1v) is 5.21. The number of benzene rings is 1. The van der Waals surface area contributed by atoms with Gasteiger partial charge in [0.25, 0.3) is 0 Å². The largest absolute Gasteiger partial charge is 0.496 e. The fraction of sp³-hybridized carbons (Fsp3) is 0.364. The van der Waals surface area contributed by atoms with Crippen molar-refractivity contribution in [3.63, 3.8) is 0 Å². The molecule has 0 fully saturated rings. The predicted molar refractivity (Wildman–Crippen MR) is 61.9 cm³/mol. The molecule has 16 heavy (non-hydrogen) atoms. The van der Waals surface area contributed by atoms with Crippen molar-refractivity contribution < 1.29 is 14.6 Å². The van der Waals surface area contributed by atoms with E-state index in [2.05, 4.69) is 5.32 Å². The lowest BCUT2D eigenvalue weighted by atomic mass is 10.2. The molecule has 0 aliphatic heterocycles. The van der Waals surface area contributed by atoms with E-state index < -0.39 is 12.0 Å². The van der Waals surface area contributed by atoms with Crippen LogP contribution in [0.15, 0.2) is 18.2 Å². The molecular weight excluding hydrogens is 230 g/mol. The SMILES string of the molecule is COc1ccc(Cl)cc1CN[C@@H](C)C(=O)O. The molecule has 88 valence electrons. The molecular formula is C11H14ClNO3. The van der Waals surface area contributed by atoms with Crippen molar-refractivity contribution in [2.24, 2.45) is 0 Å². The maximum Gasteiger partial charge on any atom is 0.320 e. The van der Waals surface area contributed by atoms with Gasteiger partial charge in [-0.25, -0.2) is 0 Å². The molecule has 2 N–H and O–H groups in total. The van der Waals surface area contributed by atoms with Gasteiger partial charge in [-0.2, -0.15) is 0 Å². The fourth-order valence-electron chi connectivity index (χ4n) is 1.24. The quantitative estimate of drug-likeness (QED) is 0.830. The van der Waals surface area contributed by atoms with Crippen molar-refractivity contribution >= 4 is 17.6 Å². The second-order valence-corrected chi connectivity index (χ2v) is 3.83. The Morgan fingerprint density at radius 3 is 2.88 bits per heavy atom. The summed E-state index contributed by atoms with van der Waals surface area (Å²) in [7, 11) is 1.56. The van der Waals surface area contributed by atoms with E-state index in [1.807, 2.05) is 0 Å². The number of hydrogen-bond donors (Lipinski definition) is 2. The lowest BCUT2D eigenvalue weighted by Crippen LogP contribution is -2.33. The highest BCUT2D eigenvalue weighted by molar-refractivity contribution is 6.30. The number of aliphatic carboxylic acids is 1. The highest BCUT2D eigenvalue weighted by atomic mass is 35.5. The summed E-state index contributed by atoms with van der Waals surface area (Å²) in [6, 6.07) is 4.63. The Labute approximate surface area is 99.2 Å². The zero-order valence-corrected chi connectivity index (χ0v) is 9.91. The minimum absolute atomic E-state index is 0.400. The van der Waals surface area contributed by atoms with Gasteiger partial charge in [-0.05, 0) is 25.1 Å². The van der Waals surface area contributed by atoms with Gasteiger partial charge < -0.3 is 15.2 Å². The molecule has 0 radical (unpaired) electrons. The second kappa shape index (κ2) is 5.72. The molecule has 0 amide bonds. The molecule has 0 aromatic heterocycles. The Kier molecular flexibility index (Phi) is 4.58. The third-order valence-electron chi connectivity index (χ3n) is 2.21. The highest BCUT2D eigenvalue weighted by Crippen LogP contribution is 2.22. The van der Waals surface area contributed by atoms with E-state index in [4.69, 9.17) is 21.4 Å². The Hall–Kier alpha value is -1.26. The molecule has 0 heterocycles. The average Bonchev–Trinajstić information content (AvgIpc) is 2.25. The Morgan fingerprint density at radius 2 is 2.31 bits per heavy atom. The van der Waals surface area contributed by atoms with Gasteiger partial charge in [0.15, 0.2) is 0 Å². The molecule has 0 saturated carbocycles. The lowest BCUT2D eigenvalue weighted by molar-refractivity contribution is -0.139. The van der Waals surface area contributed by atoms with Gasteiger partial charge in [-0.15, -0.1) is 0 Å². The minimum atomic E-state index is -0.888. The third-order valence-corrected chi connectivity index (χ3v) is 2.45. The molecule has 1 aromatic carbocycles. The van der Waals surface area contributed by atoms with E-state index in [9.17, 15) is 4.79 Å². The van der Waals surface area contributed by atoms with Crippen LogP contribution in [0.4, 0.5) is 0 Å². The number of rotatable bonds is 5. The van der Waals surface area contributed by atoms with Crippen LogP contribution in [-0.2, 0) is 11.3 Å². The summed E-state index contributed by atoms with van der Waals surface area (Å²) in [4.78, 5) is 10.6. The molecule has 0 saturated heterocycles. The van der Waals surface area contributed by atoms with Gasteiger partial charge in [0.2, 0.25) is 0 Å². The van der Waals surface area contributed by atoms with E-state index in [1.54, 1.807) is 32.2 Å². The number of methoxy groups -OCH3 is 1. The number of halogens is 1. The molecule has 0 aliphatic rings. The summed E-state index contributed by atoms with van der Waals surface area (Å²) in [6.45, 7) is 1.98. The number of carboxylic acid groups (broad SMARTS) is 1. The number of carboxylic acids is 1. The van der Waals surface area contributed by atoms with E-state index >= 15 is 0 Å². The molecule has 0 spiro atoms. The first-order chi connectivity index (χ1) is 7.54. The molecule has 1 aromatic rings. The zero-order valence-electron chi connectivity index (χ0n) is 9.16. The van der Waals surface area contributed by atoms with E-state index in [-0.39, 0.29) is 0 Å². The molecule has 0 aliphatic carbocycles. The monoisotopic (exact) mass is 243 g/mol. The van der Waals surface area contributed by atoms with Gasteiger partial charge in [0.05, 0.1) is 7.11 Å². The standard InChI is InChI=1S/C11H14ClNO3/c1-7(11(14)15)13-6-8-5-9(12)3-4-10(8)16-2/h3-5,7,13H,6H2,1-2H3,(H,14,15)/t7-/m0/s1. The zero-order chi connectivity index (χ0) is 12.1. The van der Waals surface area contributed by atoms with Gasteiger partial charge in [0.1, 0.15) is 11.8 Å². The van der Waals surface area contributed by atoms with Crippen LogP contribution < -0.4 is 10.1 Å². The first kappa shape index (κ1) is 12.8. The molecule has 0 unspecified atom stereocenters. The number of carbonyl (C=O) groups is 1. The van der Waals surface area contributed by atoms with Crippen molar-refractivity contribution in [1.82, 2.24) is 5.32 Å². The molecule has 1 rings (SSSR count). The summed E-state index contributed by atoms with van der Waals surface area (Å²) < 4.78 is 5.15. The van der Waals surface area contributed by atoms with Crippen molar-refractivity contribution in [2.45, 2.75) is 19.5 Å². The van der Waals surface area contributed by atoms with Crippen molar-refractivity contribution in [1.29, 1.82) is 0 Å². The number of nitrogens with one attached hydrogen (secondary N) is 1. The first-order valence-electron chi connectivity index (χ1n) is 4.83. The second-order valence-electron chi connectivity index (χ2n) is 3.40. The highest BCUT2D eigenvalue weighted by Gasteiger charge is 2.11. The topological polar surface area (TPSA) is 58.6 Å². The normalized spacial score (nSPS) is 12.2. The van der Waals surface area contributed by atoms with Crippen LogP contribution in [0, 0.1) is 0 Å². The molecule has 4 nitrogen and oxygen atoms in total. The Bertz CT molecular complexity index is 381. The summed E-state index contributed by atoms with van der Waals surface area (Å²) in [6.07, 6.45) is 0.